The van der Waals surface area contributed by atoms with Gasteiger partial charge in [-0.05, 0) is 42.7 Å². The van der Waals surface area contributed by atoms with Crippen molar-refractivity contribution >= 4 is 22.5 Å². The third kappa shape index (κ3) is 4.21. The Kier molecular flexibility index (Phi) is 6.20. The van der Waals surface area contributed by atoms with Gasteiger partial charge in [0.25, 0.3) is 5.69 Å². The number of phenols is 1. The van der Waals surface area contributed by atoms with E-state index in [2.05, 4.69) is 10.3 Å². The van der Waals surface area contributed by atoms with E-state index in [1.54, 1.807) is 43.5 Å². The number of non-ortho nitro benzene ring substituents is 1. The smallest absolute Gasteiger partial charge is 0.279 e. The Labute approximate surface area is 185 Å². The summed E-state index contributed by atoms with van der Waals surface area (Å²) >= 11 is 0. The molecule has 1 atom stereocenters. The number of hydrogen-bond acceptors (Lipinski definition) is 6. The number of methoxy groups -OCH3 is 1. The van der Waals surface area contributed by atoms with Crippen LogP contribution in [-0.2, 0) is 4.79 Å². The van der Waals surface area contributed by atoms with Crippen molar-refractivity contribution in [3.8, 4) is 11.5 Å². The van der Waals surface area contributed by atoms with Gasteiger partial charge in [-0.25, -0.2) is 0 Å². The molecule has 8 heteroatoms. The molecule has 0 saturated heterocycles. The van der Waals surface area contributed by atoms with Gasteiger partial charge in [-0.1, -0.05) is 31.4 Å². The summed E-state index contributed by atoms with van der Waals surface area (Å²) in [6.07, 6.45) is 6.22. The fraction of sp³-hybridized carbons (Fsp3) is 0.333. The lowest BCUT2D eigenvalue weighted by Crippen LogP contribution is -2.35. The molecule has 0 spiro atoms. The third-order valence-corrected chi connectivity index (χ3v) is 6.09. The Morgan fingerprint density at radius 3 is 2.59 bits per heavy atom. The van der Waals surface area contributed by atoms with E-state index in [4.69, 9.17) is 4.74 Å². The third-order valence-electron chi connectivity index (χ3n) is 6.09. The second-order valence-electron chi connectivity index (χ2n) is 8.04. The van der Waals surface area contributed by atoms with E-state index in [0.717, 1.165) is 32.1 Å². The van der Waals surface area contributed by atoms with Crippen LogP contribution in [0, 0.1) is 16.0 Å². The number of carbonyl (C=O) groups excluding carboxylic acids is 1. The second-order valence-corrected chi connectivity index (χ2v) is 8.04. The highest BCUT2D eigenvalue weighted by Gasteiger charge is 2.29. The quantitative estimate of drug-likeness (QED) is 0.430. The first-order valence-electron chi connectivity index (χ1n) is 10.7. The first kappa shape index (κ1) is 21.5. The van der Waals surface area contributed by atoms with Crippen molar-refractivity contribution in [3.63, 3.8) is 0 Å². The second kappa shape index (κ2) is 9.21. The summed E-state index contributed by atoms with van der Waals surface area (Å²) in [5.41, 5.74) is 0.862. The van der Waals surface area contributed by atoms with Crippen LogP contribution in [0.2, 0.25) is 0 Å². The number of nitrogens with one attached hydrogen (secondary N) is 1. The molecule has 1 aliphatic rings. The van der Waals surface area contributed by atoms with Crippen molar-refractivity contribution in [2.75, 3.05) is 7.11 Å². The van der Waals surface area contributed by atoms with E-state index in [-0.39, 0.29) is 39.7 Å². The van der Waals surface area contributed by atoms with Gasteiger partial charge >= 0.3 is 0 Å². The van der Waals surface area contributed by atoms with Crippen LogP contribution < -0.4 is 10.1 Å². The lowest BCUT2D eigenvalue weighted by Gasteiger charge is -2.26. The minimum atomic E-state index is -0.777. The molecule has 1 saturated carbocycles. The summed E-state index contributed by atoms with van der Waals surface area (Å²) in [5, 5.41) is 26.1. The SMILES string of the molecule is COc1ccc(C(NC(=O)C2CCCCC2)c2cc([N+](=O)[O-])c3cccnc3c2O)cc1. The normalized spacial score (nSPS) is 15.3. The highest BCUT2D eigenvalue weighted by molar-refractivity contribution is 5.94. The summed E-state index contributed by atoms with van der Waals surface area (Å²) in [6.45, 7) is 0. The molecule has 4 rings (SSSR count). The van der Waals surface area contributed by atoms with Crippen LogP contribution in [0.15, 0.2) is 48.7 Å². The number of pyridine rings is 1. The molecule has 1 aromatic heterocycles. The molecule has 3 aromatic rings. The van der Waals surface area contributed by atoms with Crippen molar-refractivity contribution in [3.05, 3.63) is 69.9 Å². The molecule has 166 valence electrons. The highest BCUT2D eigenvalue weighted by Crippen LogP contribution is 2.40. The van der Waals surface area contributed by atoms with E-state index in [1.807, 2.05) is 0 Å². The molecule has 1 aliphatic carbocycles. The average molecular weight is 435 g/mol. The zero-order chi connectivity index (χ0) is 22.7. The van der Waals surface area contributed by atoms with Gasteiger partial charge in [-0.3, -0.25) is 19.9 Å². The van der Waals surface area contributed by atoms with Gasteiger partial charge in [-0.15, -0.1) is 0 Å². The molecular formula is C24H25N3O5. The van der Waals surface area contributed by atoms with E-state index in [0.29, 0.717) is 11.3 Å². The van der Waals surface area contributed by atoms with Gasteiger partial charge in [0.2, 0.25) is 5.91 Å². The summed E-state index contributed by atoms with van der Waals surface area (Å²) in [4.78, 5) is 28.6. The van der Waals surface area contributed by atoms with Gasteiger partial charge in [-0.2, -0.15) is 0 Å². The van der Waals surface area contributed by atoms with Crippen LogP contribution >= 0.6 is 0 Å². The molecule has 8 nitrogen and oxygen atoms in total. The van der Waals surface area contributed by atoms with Crippen molar-refractivity contribution < 1.29 is 19.6 Å². The van der Waals surface area contributed by atoms with Crippen molar-refractivity contribution in [1.29, 1.82) is 0 Å². The van der Waals surface area contributed by atoms with Gasteiger partial charge < -0.3 is 15.2 Å². The number of benzene rings is 2. The summed E-state index contributed by atoms with van der Waals surface area (Å²) in [5.74, 6) is 0.228. The molecule has 0 radical (unpaired) electrons. The average Bonchev–Trinajstić information content (AvgIpc) is 2.83. The molecule has 1 amide bonds. The number of phenolic OH excluding ortho intramolecular Hbond substituents is 1. The Morgan fingerprint density at radius 2 is 1.94 bits per heavy atom. The fourth-order valence-electron chi connectivity index (χ4n) is 4.36. The van der Waals surface area contributed by atoms with E-state index >= 15 is 0 Å². The predicted octanol–water partition coefficient (Wildman–Crippen LogP) is 4.64. The van der Waals surface area contributed by atoms with Gasteiger partial charge in [0.1, 0.15) is 17.0 Å². The van der Waals surface area contributed by atoms with Crippen LogP contribution in [0.1, 0.15) is 49.3 Å². The molecule has 2 aromatic carbocycles. The molecule has 1 unspecified atom stereocenters. The number of aromatic nitrogens is 1. The number of ether oxygens (including phenoxy) is 1. The number of aromatic hydroxyl groups is 1. The number of fused-ring (bicyclic) bond motifs is 1. The molecule has 0 aliphatic heterocycles. The van der Waals surface area contributed by atoms with E-state index in [1.165, 1.54) is 12.3 Å². The van der Waals surface area contributed by atoms with Crippen LogP contribution in [0.5, 0.6) is 11.5 Å². The topological polar surface area (TPSA) is 115 Å². The first-order chi connectivity index (χ1) is 15.5. The molecule has 2 N–H and O–H groups in total. The number of nitrogens with zero attached hydrogens (tertiary/aromatic N) is 2. The lowest BCUT2D eigenvalue weighted by atomic mass is 9.87. The fourth-order valence-corrected chi connectivity index (χ4v) is 4.36. The summed E-state index contributed by atoms with van der Waals surface area (Å²) in [6, 6.07) is 10.7. The standard InChI is InChI=1S/C24H25N3O5/c1-32-17-11-9-15(10-12-17)21(26-24(29)16-6-3-2-4-7-16)19-14-20(27(30)31)18-8-5-13-25-22(18)23(19)28/h5,8-14,16,21,28H,2-4,6-7H2,1H3,(H,26,29). The van der Waals surface area contributed by atoms with Crippen LogP contribution in [-0.4, -0.2) is 28.0 Å². The first-order valence-corrected chi connectivity index (χ1v) is 10.7. The number of amides is 1. The molecule has 0 bridgehead atoms. The van der Waals surface area contributed by atoms with Crippen LogP contribution in [0.3, 0.4) is 0 Å². The Hall–Kier alpha value is -3.68. The monoisotopic (exact) mass is 435 g/mol. The zero-order valence-electron chi connectivity index (χ0n) is 17.8. The number of carbonyl (C=O) groups is 1. The van der Waals surface area contributed by atoms with Gasteiger partial charge in [0.05, 0.1) is 23.5 Å². The summed E-state index contributed by atoms with van der Waals surface area (Å²) in [7, 11) is 1.56. The minimum Gasteiger partial charge on any atom is -0.505 e. The number of nitro benzene ring substituents is 1. The Morgan fingerprint density at radius 1 is 1.22 bits per heavy atom. The zero-order valence-corrected chi connectivity index (χ0v) is 17.8. The molecule has 1 heterocycles. The number of nitro groups is 1. The largest absolute Gasteiger partial charge is 0.505 e. The maximum absolute atomic E-state index is 13.1. The van der Waals surface area contributed by atoms with Crippen molar-refractivity contribution in [1.82, 2.24) is 10.3 Å². The predicted molar refractivity (Wildman–Crippen MR) is 120 cm³/mol. The van der Waals surface area contributed by atoms with Crippen molar-refractivity contribution in [2.24, 2.45) is 5.92 Å². The van der Waals surface area contributed by atoms with Crippen molar-refractivity contribution in [2.45, 2.75) is 38.1 Å². The maximum Gasteiger partial charge on any atom is 0.279 e. The molecule has 1 fully saturated rings. The van der Waals surface area contributed by atoms with E-state index < -0.39 is 11.0 Å². The molecule has 32 heavy (non-hydrogen) atoms. The van der Waals surface area contributed by atoms with Crippen LogP contribution in [0.4, 0.5) is 5.69 Å². The Balaban J connectivity index is 1.83. The van der Waals surface area contributed by atoms with Gasteiger partial charge in [0, 0.05) is 23.7 Å². The number of rotatable bonds is 6. The minimum absolute atomic E-state index is 0.111. The molecular weight excluding hydrogens is 410 g/mol. The van der Waals surface area contributed by atoms with Crippen LogP contribution in [0.25, 0.3) is 10.9 Å². The number of hydrogen-bond donors (Lipinski definition) is 2. The van der Waals surface area contributed by atoms with E-state index in [9.17, 15) is 20.0 Å². The lowest BCUT2D eigenvalue weighted by molar-refractivity contribution is -0.383. The highest BCUT2D eigenvalue weighted by atomic mass is 16.6. The Bertz CT molecular complexity index is 1140. The van der Waals surface area contributed by atoms with Gasteiger partial charge in [0.15, 0.2) is 0 Å². The maximum atomic E-state index is 13.1. The summed E-state index contributed by atoms with van der Waals surface area (Å²) < 4.78 is 5.23.